The van der Waals surface area contributed by atoms with Gasteiger partial charge in [0.15, 0.2) is 6.10 Å². The Labute approximate surface area is 495 Å². The van der Waals surface area contributed by atoms with E-state index in [1.165, 1.54) is 154 Å². The minimum absolute atomic E-state index is 0.0885. The standard InChI is InChI=1S/C74H126O6/c1-4-7-10-13-16-19-22-25-28-30-32-33-34-35-36-37-38-39-40-41-43-44-46-49-52-55-58-61-64-67-73(76)79-70-71(69-78-72(75)66-63-60-57-54-51-48-27-24-21-18-15-12-9-6-3)80-74(77)68-65-62-59-56-53-50-47-45-42-31-29-26-23-20-17-14-11-8-5-2/h7,10,16,19,24-25,27-28,32-33,35-36,38-39,41,43,46,49,71H,4-6,8-9,11-15,17-18,20-23,26,29-31,34,37,40,42,44-45,47-48,50-70H2,1-3H3/b10-7-,19-16-,27-24-,28-25-,33-32-,36-35-,39-38-,43-41-,49-46-. The van der Waals surface area contributed by atoms with Crippen LogP contribution >= 0.6 is 0 Å². The van der Waals surface area contributed by atoms with Crippen LogP contribution in [0.15, 0.2) is 109 Å². The van der Waals surface area contributed by atoms with Crippen molar-refractivity contribution in [1.82, 2.24) is 0 Å². The Morgan fingerprint density at radius 1 is 0.263 bits per heavy atom. The molecule has 80 heavy (non-hydrogen) atoms. The topological polar surface area (TPSA) is 78.9 Å². The van der Waals surface area contributed by atoms with Crippen LogP contribution in [0.2, 0.25) is 0 Å². The Morgan fingerprint density at radius 3 is 0.775 bits per heavy atom. The van der Waals surface area contributed by atoms with Crippen LogP contribution in [0.5, 0.6) is 0 Å². The number of hydrogen-bond acceptors (Lipinski definition) is 6. The Morgan fingerprint density at radius 2 is 0.487 bits per heavy atom. The Hall–Kier alpha value is -3.93. The van der Waals surface area contributed by atoms with Gasteiger partial charge in [-0.05, 0) is 109 Å². The van der Waals surface area contributed by atoms with Crippen LogP contribution in [-0.4, -0.2) is 37.2 Å². The monoisotopic (exact) mass is 1110 g/mol. The molecule has 0 fully saturated rings. The van der Waals surface area contributed by atoms with Crippen molar-refractivity contribution in [3.63, 3.8) is 0 Å². The molecule has 0 N–H and O–H groups in total. The maximum Gasteiger partial charge on any atom is 0.306 e. The minimum atomic E-state index is -0.793. The van der Waals surface area contributed by atoms with Crippen molar-refractivity contribution in [1.29, 1.82) is 0 Å². The average Bonchev–Trinajstić information content (AvgIpc) is 3.46. The third-order valence-corrected chi connectivity index (χ3v) is 14.5. The third kappa shape index (κ3) is 64.9. The molecule has 0 amide bonds. The van der Waals surface area contributed by atoms with Gasteiger partial charge in [0.25, 0.3) is 0 Å². The van der Waals surface area contributed by atoms with Gasteiger partial charge in [0.1, 0.15) is 13.2 Å². The summed E-state index contributed by atoms with van der Waals surface area (Å²) in [7, 11) is 0. The Bertz CT molecular complexity index is 1610. The summed E-state index contributed by atoms with van der Waals surface area (Å²) < 4.78 is 16.9. The molecule has 0 aliphatic heterocycles. The molecule has 1 atom stereocenters. The van der Waals surface area contributed by atoms with Gasteiger partial charge in [0.05, 0.1) is 0 Å². The third-order valence-electron chi connectivity index (χ3n) is 14.5. The van der Waals surface area contributed by atoms with Crippen LogP contribution in [0.3, 0.4) is 0 Å². The zero-order valence-electron chi connectivity index (χ0n) is 52.6. The first-order chi connectivity index (χ1) is 39.5. The molecule has 0 bridgehead atoms. The number of ether oxygens (including phenoxy) is 3. The summed E-state index contributed by atoms with van der Waals surface area (Å²) in [5.41, 5.74) is 0. The van der Waals surface area contributed by atoms with Gasteiger partial charge < -0.3 is 14.2 Å². The summed E-state index contributed by atoms with van der Waals surface area (Å²) in [6.07, 6.45) is 92.4. The van der Waals surface area contributed by atoms with Crippen molar-refractivity contribution < 1.29 is 28.6 Å². The first-order valence-corrected chi connectivity index (χ1v) is 33.9. The second kappa shape index (κ2) is 67.6. The van der Waals surface area contributed by atoms with E-state index >= 15 is 0 Å². The van der Waals surface area contributed by atoms with E-state index in [4.69, 9.17) is 14.2 Å². The quantitative estimate of drug-likeness (QED) is 0.0261. The lowest BCUT2D eigenvalue weighted by molar-refractivity contribution is -0.167. The summed E-state index contributed by atoms with van der Waals surface area (Å²) in [6, 6.07) is 0. The highest BCUT2D eigenvalue weighted by Gasteiger charge is 2.19. The van der Waals surface area contributed by atoms with Crippen LogP contribution < -0.4 is 0 Å². The molecule has 1 unspecified atom stereocenters. The summed E-state index contributed by atoms with van der Waals surface area (Å²) in [6.45, 7) is 6.52. The average molecular weight is 1110 g/mol. The molecule has 0 saturated carbocycles. The molecule has 0 heterocycles. The van der Waals surface area contributed by atoms with Gasteiger partial charge in [-0.1, -0.05) is 304 Å². The molecule has 0 aliphatic rings. The van der Waals surface area contributed by atoms with Gasteiger partial charge in [0.2, 0.25) is 0 Å². The normalized spacial score (nSPS) is 12.8. The van der Waals surface area contributed by atoms with Crippen molar-refractivity contribution >= 4 is 17.9 Å². The molecule has 0 rings (SSSR count). The zero-order chi connectivity index (χ0) is 57.8. The molecule has 0 aromatic heterocycles. The van der Waals surface area contributed by atoms with Gasteiger partial charge in [-0.15, -0.1) is 0 Å². The molecule has 0 aliphatic carbocycles. The lowest BCUT2D eigenvalue weighted by atomic mass is 10.0. The molecule has 0 saturated heterocycles. The number of carbonyl (C=O) groups is 3. The molecule has 0 aromatic rings. The summed E-state index contributed by atoms with van der Waals surface area (Å²) in [4.78, 5) is 38.4. The first kappa shape index (κ1) is 76.1. The van der Waals surface area contributed by atoms with Crippen molar-refractivity contribution in [2.24, 2.45) is 0 Å². The maximum atomic E-state index is 12.9. The lowest BCUT2D eigenvalue weighted by Gasteiger charge is -2.18. The van der Waals surface area contributed by atoms with E-state index in [0.717, 1.165) is 128 Å². The van der Waals surface area contributed by atoms with Gasteiger partial charge in [0, 0.05) is 19.3 Å². The fraction of sp³-hybridized carbons (Fsp3) is 0.716. The summed E-state index contributed by atoms with van der Waals surface area (Å²) in [5, 5.41) is 0. The highest BCUT2D eigenvalue weighted by molar-refractivity contribution is 5.71. The minimum Gasteiger partial charge on any atom is -0.462 e. The number of carbonyl (C=O) groups excluding carboxylic acids is 3. The maximum absolute atomic E-state index is 12.9. The molecule has 0 spiro atoms. The smallest absolute Gasteiger partial charge is 0.306 e. The van der Waals surface area contributed by atoms with E-state index in [2.05, 4.69) is 130 Å². The highest BCUT2D eigenvalue weighted by atomic mass is 16.6. The molecule has 6 heteroatoms. The number of unbranched alkanes of at least 4 members (excludes halogenated alkanes) is 32. The van der Waals surface area contributed by atoms with Crippen LogP contribution in [0.25, 0.3) is 0 Å². The highest BCUT2D eigenvalue weighted by Crippen LogP contribution is 2.17. The van der Waals surface area contributed by atoms with Gasteiger partial charge in [-0.2, -0.15) is 0 Å². The summed E-state index contributed by atoms with van der Waals surface area (Å²) >= 11 is 0. The van der Waals surface area contributed by atoms with E-state index in [0.29, 0.717) is 19.3 Å². The molecule has 6 nitrogen and oxygen atoms in total. The predicted octanol–water partition coefficient (Wildman–Crippen LogP) is 23.4. The van der Waals surface area contributed by atoms with Gasteiger partial charge in [-0.3, -0.25) is 14.4 Å². The van der Waals surface area contributed by atoms with Gasteiger partial charge >= 0.3 is 17.9 Å². The Balaban J connectivity index is 4.38. The van der Waals surface area contributed by atoms with Crippen molar-refractivity contribution in [2.45, 2.75) is 329 Å². The fourth-order valence-electron chi connectivity index (χ4n) is 9.45. The van der Waals surface area contributed by atoms with Crippen LogP contribution in [0.4, 0.5) is 0 Å². The predicted molar refractivity (Wildman–Crippen MR) is 348 cm³/mol. The van der Waals surface area contributed by atoms with E-state index in [1.807, 2.05) is 0 Å². The van der Waals surface area contributed by atoms with Crippen molar-refractivity contribution in [3.05, 3.63) is 109 Å². The van der Waals surface area contributed by atoms with Gasteiger partial charge in [-0.25, -0.2) is 0 Å². The van der Waals surface area contributed by atoms with Crippen LogP contribution in [0.1, 0.15) is 323 Å². The molecule has 0 radical (unpaired) electrons. The number of allylic oxidation sites excluding steroid dienone is 18. The van der Waals surface area contributed by atoms with E-state index in [9.17, 15) is 14.4 Å². The zero-order valence-corrected chi connectivity index (χ0v) is 52.6. The molecular weight excluding hydrogens is 985 g/mol. The molecular formula is C74H126O6. The van der Waals surface area contributed by atoms with E-state index < -0.39 is 6.10 Å². The SMILES string of the molecule is CC/C=C\C/C=C\C/C=C\C/C=C\C/C=C\C/C=C\C/C=C\C/C=C\CCCCCCC(=O)OCC(COC(=O)CCCCCCC/C=C\CCCCCCC)OC(=O)CCCCCCCCCCCCCCCCCCCCC. The van der Waals surface area contributed by atoms with Crippen LogP contribution in [0, 0.1) is 0 Å². The largest absolute Gasteiger partial charge is 0.462 e. The van der Waals surface area contributed by atoms with E-state index in [1.54, 1.807) is 0 Å². The Kier molecular flexibility index (Phi) is 64.3. The fourth-order valence-corrected chi connectivity index (χ4v) is 9.45. The number of esters is 3. The van der Waals surface area contributed by atoms with Crippen molar-refractivity contribution in [3.8, 4) is 0 Å². The molecule has 0 aromatic carbocycles. The number of hydrogen-bond donors (Lipinski definition) is 0. The second-order valence-electron chi connectivity index (χ2n) is 22.4. The van der Waals surface area contributed by atoms with E-state index in [-0.39, 0.29) is 31.1 Å². The summed E-state index contributed by atoms with van der Waals surface area (Å²) in [5.74, 6) is -0.909. The van der Waals surface area contributed by atoms with Crippen molar-refractivity contribution in [2.75, 3.05) is 13.2 Å². The second-order valence-corrected chi connectivity index (χ2v) is 22.4. The molecule has 458 valence electrons. The number of rotatable bonds is 61. The first-order valence-electron chi connectivity index (χ1n) is 33.9. The van der Waals surface area contributed by atoms with Crippen LogP contribution in [-0.2, 0) is 28.6 Å². The lowest BCUT2D eigenvalue weighted by Crippen LogP contribution is -2.30.